The molecule has 0 aliphatic carbocycles. The van der Waals surface area contributed by atoms with E-state index in [9.17, 15) is 4.79 Å². The molecule has 5 nitrogen and oxygen atoms in total. The highest BCUT2D eigenvalue weighted by molar-refractivity contribution is 5.94. The van der Waals surface area contributed by atoms with Crippen LogP contribution in [-0.2, 0) is 4.74 Å². The first-order valence-electron chi connectivity index (χ1n) is 6.81. The van der Waals surface area contributed by atoms with Gasteiger partial charge in [0, 0.05) is 18.3 Å². The first kappa shape index (κ1) is 16.4. The lowest BCUT2D eigenvalue weighted by atomic mass is 10.2. The largest absolute Gasteiger partial charge is 0.475 e. The first-order chi connectivity index (χ1) is 9.28. The third-order valence-corrected chi connectivity index (χ3v) is 2.29. The van der Waals surface area contributed by atoms with Crippen molar-refractivity contribution in [2.24, 2.45) is 0 Å². The fourth-order valence-corrected chi connectivity index (χ4v) is 1.44. The molecule has 1 heterocycles. The summed E-state index contributed by atoms with van der Waals surface area (Å²) < 4.78 is 11.0. The van der Waals surface area contributed by atoms with Crippen molar-refractivity contribution in [3.63, 3.8) is 0 Å². The highest BCUT2D eigenvalue weighted by atomic mass is 16.5. The Kier molecular flexibility index (Phi) is 5.95. The number of carbonyl (C=O) groups excluding carboxylic acids is 1. The lowest BCUT2D eigenvalue weighted by molar-refractivity contribution is -0.0168. The number of rotatable bonds is 6. The third-order valence-electron chi connectivity index (χ3n) is 2.29. The average Bonchev–Trinajstić information content (AvgIpc) is 2.33. The molecule has 0 saturated carbocycles. The number of hydrogen-bond acceptors (Lipinski definition) is 4. The Hall–Kier alpha value is -1.62. The summed E-state index contributed by atoms with van der Waals surface area (Å²) in [6.07, 6.45) is 1.51. The number of nitrogens with zero attached hydrogens (tertiary/aromatic N) is 1. The van der Waals surface area contributed by atoms with Crippen LogP contribution in [0.1, 0.15) is 45.0 Å². The molecule has 0 fully saturated rings. The van der Waals surface area contributed by atoms with E-state index in [0.717, 1.165) is 0 Å². The topological polar surface area (TPSA) is 60.5 Å². The third kappa shape index (κ3) is 6.52. The predicted octanol–water partition coefficient (Wildman–Crippen LogP) is 2.41. The highest BCUT2D eigenvalue weighted by Gasteiger charge is 2.10. The zero-order chi connectivity index (χ0) is 15.2. The zero-order valence-corrected chi connectivity index (χ0v) is 12.9. The summed E-state index contributed by atoms with van der Waals surface area (Å²) in [4.78, 5) is 15.8. The van der Waals surface area contributed by atoms with Crippen molar-refractivity contribution in [2.75, 3.05) is 13.2 Å². The van der Waals surface area contributed by atoms with Gasteiger partial charge in [0.25, 0.3) is 5.91 Å². The van der Waals surface area contributed by atoms with Crippen LogP contribution in [0.4, 0.5) is 0 Å². The molecule has 0 saturated heterocycles. The van der Waals surface area contributed by atoms with E-state index in [-0.39, 0.29) is 17.6 Å². The van der Waals surface area contributed by atoms with E-state index >= 15 is 0 Å². The maximum absolute atomic E-state index is 11.7. The molecule has 0 radical (unpaired) electrons. The van der Waals surface area contributed by atoms with Crippen LogP contribution in [0.2, 0.25) is 0 Å². The Morgan fingerprint density at radius 1 is 1.30 bits per heavy atom. The number of hydrogen-bond donors (Lipinski definition) is 1. The van der Waals surface area contributed by atoms with Gasteiger partial charge < -0.3 is 14.8 Å². The lowest BCUT2D eigenvalue weighted by Crippen LogP contribution is -2.30. The van der Waals surface area contributed by atoms with Gasteiger partial charge in [0.15, 0.2) is 0 Å². The van der Waals surface area contributed by atoms with E-state index < -0.39 is 0 Å². The van der Waals surface area contributed by atoms with Crippen molar-refractivity contribution in [1.82, 2.24) is 10.3 Å². The minimum absolute atomic E-state index is 0.105. The zero-order valence-electron chi connectivity index (χ0n) is 12.9. The Balaban J connectivity index is 2.41. The second-order valence-electron chi connectivity index (χ2n) is 5.82. The summed E-state index contributed by atoms with van der Waals surface area (Å²) in [5, 5.41) is 2.81. The smallest absolute Gasteiger partial charge is 0.253 e. The molecule has 0 spiro atoms. The summed E-state index contributed by atoms with van der Waals surface area (Å²) in [6, 6.07) is 3.49. The minimum Gasteiger partial charge on any atom is -0.475 e. The van der Waals surface area contributed by atoms with Crippen LogP contribution in [0.15, 0.2) is 18.3 Å². The molecule has 20 heavy (non-hydrogen) atoms. The maximum Gasteiger partial charge on any atom is 0.253 e. The van der Waals surface area contributed by atoms with Gasteiger partial charge in [0.1, 0.15) is 6.61 Å². The molecule has 0 atom stereocenters. The number of aromatic nitrogens is 1. The minimum atomic E-state index is -0.171. The number of pyridine rings is 1. The van der Waals surface area contributed by atoms with Gasteiger partial charge >= 0.3 is 0 Å². The van der Waals surface area contributed by atoms with Gasteiger partial charge in [-0.15, -0.1) is 0 Å². The molecule has 0 aromatic carbocycles. The number of nitrogens with one attached hydrogen (secondary N) is 1. The van der Waals surface area contributed by atoms with E-state index in [1.54, 1.807) is 12.1 Å². The molecule has 0 unspecified atom stereocenters. The molecule has 0 bridgehead atoms. The monoisotopic (exact) mass is 280 g/mol. The van der Waals surface area contributed by atoms with Gasteiger partial charge in [-0.05, 0) is 40.7 Å². The number of ether oxygens (including phenoxy) is 2. The molecule has 1 rings (SSSR count). The molecule has 0 aliphatic rings. The maximum atomic E-state index is 11.7. The van der Waals surface area contributed by atoms with Crippen LogP contribution in [0, 0.1) is 0 Å². The molecule has 1 amide bonds. The Labute approximate surface area is 120 Å². The summed E-state index contributed by atoms with van der Waals surface area (Å²) >= 11 is 0. The van der Waals surface area contributed by atoms with Crippen LogP contribution in [0.3, 0.4) is 0 Å². The lowest BCUT2D eigenvalue weighted by Gasteiger charge is -2.19. The Morgan fingerprint density at radius 3 is 2.50 bits per heavy atom. The predicted molar refractivity (Wildman–Crippen MR) is 78.0 cm³/mol. The second-order valence-corrected chi connectivity index (χ2v) is 5.82. The Bertz CT molecular complexity index is 422. The molecular formula is C15H24N2O3. The van der Waals surface area contributed by atoms with Gasteiger partial charge in [0.05, 0.1) is 17.8 Å². The van der Waals surface area contributed by atoms with Gasteiger partial charge in [-0.3, -0.25) is 4.79 Å². The van der Waals surface area contributed by atoms with Gasteiger partial charge in [-0.25, -0.2) is 4.98 Å². The highest BCUT2D eigenvalue weighted by Crippen LogP contribution is 2.09. The second kappa shape index (κ2) is 7.24. The normalized spacial score (nSPS) is 11.5. The summed E-state index contributed by atoms with van der Waals surface area (Å²) in [6.45, 7) is 10.7. The standard InChI is InChI=1S/C15H24N2O3/c1-11(2)17-14(18)12-6-7-13(16-10-12)19-8-9-20-15(3,4)5/h6-7,10-11H,8-9H2,1-5H3,(H,17,18). The molecule has 0 aliphatic heterocycles. The van der Waals surface area contributed by atoms with Crippen molar-refractivity contribution >= 4 is 5.91 Å². The van der Waals surface area contributed by atoms with E-state index in [0.29, 0.717) is 24.7 Å². The summed E-state index contributed by atoms with van der Waals surface area (Å²) in [5.74, 6) is 0.360. The van der Waals surface area contributed by atoms with Crippen molar-refractivity contribution in [1.29, 1.82) is 0 Å². The SMILES string of the molecule is CC(C)NC(=O)c1ccc(OCCOC(C)(C)C)nc1. The summed E-state index contributed by atoms with van der Waals surface area (Å²) in [7, 11) is 0. The van der Waals surface area contributed by atoms with Crippen LogP contribution in [0.25, 0.3) is 0 Å². The molecule has 1 aromatic rings. The van der Waals surface area contributed by atoms with Crippen molar-refractivity contribution in [3.8, 4) is 5.88 Å². The number of carbonyl (C=O) groups is 1. The van der Waals surface area contributed by atoms with E-state index in [1.807, 2.05) is 34.6 Å². The molecule has 5 heteroatoms. The van der Waals surface area contributed by atoms with Gasteiger partial charge in [0.2, 0.25) is 5.88 Å². The van der Waals surface area contributed by atoms with Crippen LogP contribution < -0.4 is 10.1 Å². The first-order valence-corrected chi connectivity index (χ1v) is 6.81. The average molecular weight is 280 g/mol. The molecule has 1 N–H and O–H groups in total. The van der Waals surface area contributed by atoms with Gasteiger partial charge in [-0.2, -0.15) is 0 Å². The van der Waals surface area contributed by atoms with Crippen molar-refractivity contribution in [3.05, 3.63) is 23.9 Å². The van der Waals surface area contributed by atoms with Crippen LogP contribution in [-0.4, -0.2) is 35.7 Å². The van der Waals surface area contributed by atoms with E-state index in [2.05, 4.69) is 10.3 Å². The Morgan fingerprint density at radius 2 is 2.00 bits per heavy atom. The fraction of sp³-hybridized carbons (Fsp3) is 0.600. The molecule has 112 valence electrons. The van der Waals surface area contributed by atoms with Crippen LogP contribution >= 0.6 is 0 Å². The molecule has 1 aromatic heterocycles. The van der Waals surface area contributed by atoms with Crippen molar-refractivity contribution < 1.29 is 14.3 Å². The van der Waals surface area contributed by atoms with Crippen LogP contribution in [0.5, 0.6) is 5.88 Å². The quantitative estimate of drug-likeness (QED) is 0.813. The van der Waals surface area contributed by atoms with Crippen molar-refractivity contribution in [2.45, 2.75) is 46.3 Å². The van der Waals surface area contributed by atoms with E-state index in [4.69, 9.17) is 9.47 Å². The van der Waals surface area contributed by atoms with Gasteiger partial charge in [-0.1, -0.05) is 0 Å². The fourth-order valence-electron chi connectivity index (χ4n) is 1.44. The molecular weight excluding hydrogens is 256 g/mol. The summed E-state index contributed by atoms with van der Waals surface area (Å²) in [5.41, 5.74) is 0.354. The number of amides is 1. The van der Waals surface area contributed by atoms with E-state index in [1.165, 1.54) is 6.20 Å².